The second kappa shape index (κ2) is 8.11. The molecular weight excluding hydrogens is 475 g/mol. The lowest BCUT2D eigenvalue weighted by atomic mass is 10.0. The number of aromatic amines is 1. The Morgan fingerprint density at radius 3 is 2.69 bits per heavy atom. The van der Waals surface area contributed by atoms with Gasteiger partial charge in [-0.25, -0.2) is 0 Å². The minimum atomic E-state index is -5.23. The van der Waals surface area contributed by atoms with Crippen LogP contribution in [-0.2, 0) is 17.6 Å². The van der Waals surface area contributed by atoms with Crippen molar-refractivity contribution in [3.63, 3.8) is 0 Å². The molecule has 0 atom stereocenters. The Bertz CT molecular complexity index is 1870. The highest BCUT2D eigenvalue weighted by atomic mass is 32.3. The van der Waals surface area contributed by atoms with Gasteiger partial charge in [-0.1, -0.05) is 9.95 Å². The Morgan fingerprint density at radius 1 is 1.17 bits per heavy atom. The van der Waals surface area contributed by atoms with E-state index in [0.29, 0.717) is 61.9 Å². The van der Waals surface area contributed by atoms with E-state index in [2.05, 4.69) is 20.2 Å². The summed E-state index contributed by atoms with van der Waals surface area (Å²) in [5, 5.41) is 10.8. The minimum absolute atomic E-state index is 0.213. The van der Waals surface area contributed by atoms with E-state index in [0.717, 1.165) is 6.20 Å². The van der Waals surface area contributed by atoms with E-state index < -0.39 is 10.5 Å². The number of halogens is 1. The number of nitrogens with one attached hydrogen (secondary N) is 1. The summed E-state index contributed by atoms with van der Waals surface area (Å²) in [7, 11) is -3.43. The van der Waals surface area contributed by atoms with Crippen LogP contribution in [0.2, 0.25) is 0 Å². The smallest absolute Gasteiger partial charge is 0.488 e. The van der Waals surface area contributed by atoms with Crippen LogP contribution in [0.4, 0.5) is 3.89 Å². The van der Waals surface area contributed by atoms with E-state index in [1.807, 2.05) is 4.57 Å². The fourth-order valence-corrected chi connectivity index (χ4v) is 4.57. The fourth-order valence-electron chi connectivity index (χ4n) is 4.24. The van der Waals surface area contributed by atoms with Gasteiger partial charge in [0.1, 0.15) is 11.4 Å². The molecule has 0 aliphatic rings. The van der Waals surface area contributed by atoms with Crippen molar-refractivity contribution >= 4 is 43.3 Å². The Hall–Kier alpha value is -4.43. The first-order valence-electron chi connectivity index (χ1n) is 10.4. The molecular formula is C24H17FN4O5S. The number of pyridine rings is 2. The quantitative estimate of drug-likeness (QED) is 0.366. The predicted octanol–water partition coefficient (Wildman–Crippen LogP) is 4.10. The molecule has 1 N–H and O–H groups in total. The zero-order valence-electron chi connectivity index (χ0n) is 18.5. The fraction of sp³-hybridized carbons (Fsp3) is 0.125. The maximum atomic E-state index is 13.6. The van der Waals surface area contributed by atoms with E-state index in [1.54, 1.807) is 44.3 Å². The monoisotopic (exact) mass is 492 g/mol. The van der Waals surface area contributed by atoms with Gasteiger partial charge in [0.25, 0.3) is 0 Å². The van der Waals surface area contributed by atoms with Crippen molar-refractivity contribution in [3.8, 4) is 28.7 Å². The number of aryl methyl sites for hydroxylation is 1. The van der Waals surface area contributed by atoms with E-state index >= 15 is 0 Å². The maximum absolute atomic E-state index is 13.6. The Balaban J connectivity index is 1.82. The molecule has 0 saturated carbocycles. The average Bonchev–Trinajstić information content (AvgIpc) is 3.20. The largest absolute Gasteiger partial charge is 0.493 e. The van der Waals surface area contributed by atoms with Crippen molar-refractivity contribution in [1.82, 2.24) is 14.5 Å². The highest BCUT2D eigenvalue weighted by molar-refractivity contribution is 7.81. The lowest BCUT2D eigenvalue weighted by Gasteiger charge is -2.15. The van der Waals surface area contributed by atoms with Crippen molar-refractivity contribution in [3.05, 3.63) is 64.6 Å². The number of nitriles is 1. The number of nitrogens with zero attached hydrogens (tertiary/aromatic N) is 3. The van der Waals surface area contributed by atoms with Crippen LogP contribution < -0.4 is 14.3 Å². The van der Waals surface area contributed by atoms with Crippen molar-refractivity contribution in [1.29, 1.82) is 5.26 Å². The van der Waals surface area contributed by atoms with Crippen molar-refractivity contribution in [2.24, 2.45) is 7.05 Å². The number of aromatic nitrogens is 3. The maximum Gasteiger partial charge on any atom is 0.488 e. The van der Waals surface area contributed by atoms with Crippen molar-refractivity contribution in [2.75, 3.05) is 6.61 Å². The van der Waals surface area contributed by atoms with Crippen LogP contribution >= 0.6 is 0 Å². The van der Waals surface area contributed by atoms with Crippen LogP contribution in [0.3, 0.4) is 0 Å². The van der Waals surface area contributed by atoms with Gasteiger partial charge in [0.15, 0.2) is 11.2 Å². The first-order valence-corrected chi connectivity index (χ1v) is 11.8. The van der Waals surface area contributed by atoms with E-state index in [-0.39, 0.29) is 11.2 Å². The number of rotatable bonds is 5. The van der Waals surface area contributed by atoms with E-state index in [9.17, 15) is 22.4 Å². The number of hydrogen-bond acceptors (Lipinski definition) is 7. The molecule has 3 aromatic heterocycles. The van der Waals surface area contributed by atoms with Gasteiger partial charge in [-0.3, -0.25) is 9.78 Å². The third-order valence-electron chi connectivity index (χ3n) is 5.69. The van der Waals surface area contributed by atoms with Crippen molar-refractivity contribution in [2.45, 2.75) is 6.92 Å². The summed E-state index contributed by atoms with van der Waals surface area (Å²) in [6.45, 7) is 2.09. The van der Waals surface area contributed by atoms with Crippen LogP contribution in [0.5, 0.6) is 11.5 Å². The van der Waals surface area contributed by atoms with Gasteiger partial charge in [0.2, 0.25) is 0 Å². The zero-order valence-corrected chi connectivity index (χ0v) is 19.3. The molecule has 9 nitrogen and oxygen atoms in total. The molecule has 0 unspecified atom stereocenters. The van der Waals surface area contributed by atoms with Gasteiger partial charge in [0.05, 0.1) is 40.7 Å². The van der Waals surface area contributed by atoms with Crippen LogP contribution in [0.25, 0.3) is 44.0 Å². The van der Waals surface area contributed by atoms with Crippen LogP contribution in [-0.4, -0.2) is 29.6 Å². The second-order valence-corrected chi connectivity index (χ2v) is 8.75. The molecule has 0 radical (unpaired) electrons. The first kappa shape index (κ1) is 22.4. The van der Waals surface area contributed by atoms with Crippen LogP contribution in [0.1, 0.15) is 12.5 Å². The lowest BCUT2D eigenvalue weighted by Crippen LogP contribution is -2.09. The van der Waals surface area contributed by atoms with Gasteiger partial charge in [-0.2, -0.15) is 13.7 Å². The molecule has 35 heavy (non-hydrogen) atoms. The molecule has 0 bridgehead atoms. The van der Waals surface area contributed by atoms with Gasteiger partial charge in [0, 0.05) is 35.3 Å². The highest BCUT2D eigenvalue weighted by Crippen LogP contribution is 2.36. The SMILES string of the molecule is CCOc1cc2c(=O)c3c4ccc(C#N)cc4[nH]c3n(C)c2cc1-c1cncc(OS(=O)(=O)F)c1. The molecule has 0 spiro atoms. The summed E-state index contributed by atoms with van der Waals surface area (Å²) in [6, 6.07) is 11.8. The number of hydrogen-bond donors (Lipinski definition) is 1. The normalized spacial score (nSPS) is 11.7. The predicted molar refractivity (Wildman–Crippen MR) is 128 cm³/mol. The molecule has 176 valence electrons. The summed E-state index contributed by atoms with van der Waals surface area (Å²) >= 11 is 0. The molecule has 0 aliphatic heterocycles. The third kappa shape index (κ3) is 3.83. The zero-order chi connectivity index (χ0) is 24.9. The molecule has 2 aromatic carbocycles. The Kier molecular flexibility index (Phi) is 5.18. The molecule has 3 heterocycles. The van der Waals surface area contributed by atoms with Gasteiger partial charge in [-0.05, 0) is 37.3 Å². The minimum Gasteiger partial charge on any atom is -0.493 e. The van der Waals surface area contributed by atoms with Gasteiger partial charge < -0.3 is 18.5 Å². The molecule has 0 fully saturated rings. The molecule has 0 aliphatic carbocycles. The first-order chi connectivity index (χ1) is 16.7. The molecule has 5 aromatic rings. The van der Waals surface area contributed by atoms with E-state index in [4.69, 9.17) is 4.74 Å². The van der Waals surface area contributed by atoms with Crippen LogP contribution in [0.15, 0.2) is 53.6 Å². The summed E-state index contributed by atoms with van der Waals surface area (Å²) in [5.41, 5.74) is 2.96. The number of fused-ring (bicyclic) bond motifs is 4. The number of ether oxygens (including phenoxy) is 1. The van der Waals surface area contributed by atoms with Crippen LogP contribution in [0, 0.1) is 11.3 Å². The molecule has 0 amide bonds. The molecule has 11 heteroatoms. The number of benzene rings is 2. The van der Waals surface area contributed by atoms with Gasteiger partial charge in [-0.15, -0.1) is 0 Å². The topological polar surface area (TPSA) is 127 Å². The second-order valence-electron chi connectivity index (χ2n) is 7.79. The highest BCUT2D eigenvalue weighted by Gasteiger charge is 2.19. The number of H-pyrrole nitrogens is 1. The van der Waals surface area contributed by atoms with E-state index in [1.165, 1.54) is 12.3 Å². The molecule has 0 saturated heterocycles. The summed E-state index contributed by atoms with van der Waals surface area (Å²) in [4.78, 5) is 20.8. The Morgan fingerprint density at radius 2 is 1.97 bits per heavy atom. The van der Waals surface area contributed by atoms with Crippen molar-refractivity contribution < 1.29 is 21.2 Å². The summed E-state index contributed by atoms with van der Waals surface area (Å²) < 4.78 is 46.8. The average molecular weight is 492 g/mol. The molecule has 5 rings (SSSR count). The summed E-state index contributed by atoms with van der Waals surface area (Å²) in [6.07, 6.45) is 2.52. The lowest BCUT2D eigenvalue weighted by molar-refractivity contribution is 0.342. The standard InChI is InChI=1S/C24H17FN4O5S/c1-3-33-21-9-18-20(8-17(21)14-7-15(12-27-11-14)34-35(25,31)32)29(2)24-22(23(18)30)16-5-4-13(10-26)6-19(16)28-24/h4-9,11-12,28H,3H2,1-2H3. The summed E-state index contributed by atoms with van der Waals surface area (Å²) in [5.74, 6) is 0.0610. The van der Waals surface area contributed by atoms with Gasteiger partial charge >= 0.3 is 10.5 Å². The Labute approximate surface area is 198 Å². The third-order valence-corrected chi connectivity index (χ3v) is 6.09.